The van der Waals surface area contributed by atoms with E-state index in [0.29, 0.717) is 0 Å². The second kappa shape index (κ2) is 8.97. The number of benzene rings is 1. The molecule has 0 unspecified atom stereocenters. The standard InChI is InChI=1S/C13H15Cl3N2O3/c1-2-3-18(13(20)17-8-19)4-5-21-12-10(15)6-9(14)7-11(12)16/h6-8H,2-5H2,1H3,(H,17,19,20)/i1D3,2D2,3D2. The number of ether oxygens (including phenoxy) is 1. The number of hydrogen-bond acceptors (Lipinski definition) is 3. The van der Waals surface area contributed by atoms with Crippen LogP contribution in [0.2, 0.25) is 15.1 Å². The quantitative estimate of drug-likeness (QED) is 0.756. The van der Waals surface area contributed by atoms with Crippen LogP contribution in [0.4, 0.5) is 4.79 Å². The smallest absolute Gasteiger partial charge is 0.323 e. The summed E-state index contributed by atoms with van der Waals surface area (Å²) in [5.41, 5.74) is 0. The average Bonchev–Trinajstić information content (AvgIpc) is 2.51. The maximum Gasteiger partial charge on any atom is 0.323 e. The molecule has 0 saturated heterocycles. The van der Waals surface area contributed by atoms with E-state index in [9.17, 15) is 9.59 Å². The van der Waals surface area contributed by atoms with E-state index < -0.39 is 38.9 Å². The Morgan fingerprint density at radius 2 is 2.14 bits per heavy atom. The summed E-state index contributed by atoms with van der Waals surface area (Å²) < 4.78 is 58.1. The molecule has 0 bridgehead atoms. The zero-order valence-electron chi connectivity index (χ0n) is 17.5. The maximum absolute atomic E-state index is 12.1. The predicted octanol–water partition coefficient (Wildman–Crippen LogP) is 3.60. The van der Waals surface area contributed by atoms with Gasteiger partial charge in [-0.2, -0.15) is 0 Å². The molecule has 5 nitrogen and oxygen atoms in total. The molecular formula is C13H15Cl3N2O3. The molecule has 0 heterocycles. The Bertz CT molecular complexity index is 724. The summed E-state index contributed by atoms with van der Waals surface area (Å²) >= 11 is 17.7. The summed E-state index contributed by atoms with van der Waals surface area (Å²) in [6, 6.07) is 1.30. The third-order valence-electron chi connectivity index (χ3n) is 2.14. The summed E-state index contributed by atoms with van der Waals surface area (Å²) in [6.07, 6.45) is -3.51. The zero-order valence-corrected chi connectivity index (χ0v) is 12.7. The van der Waals surface area contributed by atoms with Crippen molar-refractivity contribution in [3.63, 3.8) is 0 Å². The van der Waals surface area contributed by atoms with Crippen LogP contribution in [0.1, 0.15) is 22.8 Å². The first-order chi connectivity index (χ1) is 12.7. The highest BCUT2D eigenvalue weighted by Gasteiger charge is 2.13. The van der Waals surface area contributed by atoms with E-state index >= 15 is 0 Å². The molecule has 0 atom stereocenters. The molecule has 0 aliphatic carbocycles. The van der Waals surface area contributed by atoms with Gasteiger partial charge in [-0.25, -0.2) is 4.79 Å². The lowest BCUT2D eigenvalue weighted by molar-refractivity contribution is -0.108. The van der Waals surface area contributed by atoms with Gasteiger partial charge in [0.25, 0.3) is 0 Å². The molecule has 0 saturated carbocycles. The van der Waals surface area contributed by atoms with Gasteiger partial charge in [-0.1, -0.05) is 41.7 Å². The van der Waals surface area contributed by atoms with E-state index in [4.69, 9.17) is 49.1 Å². The predicted molar refractivity (Wildman–Crippen MR) is 83.4 cm³/mol. The highest BCUT2D eigenvalue weighted by atomic mass is 35.5. The highest BCUT2D eigenvalue weighted by Crippen LogP contribution is 2.35. The van der Waals surface area contributed by atoms with Crippen LogP contribution < -0.4 is 10.1 Å². The molecule has 0 spiro atoms. The Balaban J connectivity index is 3.10. The largest absolute Gasteiger partial charge is 0.489 e. The minimum atomic E-state index is -3.46. The first-order valence-electron chi connectivity index (χ1n) is 8.96. The van der Waals surface area contributed by atoms with Crippen molar-refractivity contribution in [3.05, 3.63) is 27.2 Å². The molecular weight excluding hydrogens is 339 g/mol. The molecule has 3 amide bonds. The van der Waals surface area contributed by atoms with E-state index in [0.717, 1.165) is 0 Å². The first-order valence-corrected chi connectivity index (χ1v) is 6.59. The van der Waals surface area contributed by atoms with Crippen molar-refractivity contribution in [3.8, 4) is 5.75 Å². The van der Waals surface area contributed by atoms with Crippen molar-refractivity contribution in [2.75, 3.05) is 19.6 Å². The SMILES string of the molecule is [2H]C([2H])([2H])C([2H])([2H])C([2H])([2H])N(CCOc1c(Cl)cc(Cl)cc1Cl)C(=O)NC=O. The van der Waals surface area contributed by atoms with Crippen LogP contribution in [-0.4, -0.2) is 37.0 Å². The normalized spacial score (nSPS) is 17.0. The van der Waals surface area contributed by atoms with Gasteiger partial charge in [-0.15, -0.1) is 0 Å². The second-order valence-electron chi connectivity index (χ2n) is 3.50. The lowest BCUT2D eigenvalue weighted by Gasteiger charge is -2.21. The number of hydrogen-bond donors (Lipinski definition) is 1. The van der Waals surface area contributed by atoms with Gasteiger partial charge in [-0.05, 0) is 18.5 Å². The summed E-state index contributed by atoms with van der Waals surface area (Å²) in [7, 11) is 0. The molecule has 1 aromatic rings. The van der Waals surface area contributed by atoms with Gasteiger partial charge in [0.15, 0.2) is 5.75 Å². The van der Waals surface area contributed by atoms with Gasteiger partial charge >= 0.3 is 6.03 Å². The van der Waals surface area contributed by atoms with E-state index in [2.05, 4.69) is 0 Å². The molecule has 1 N–H and O–H groups in total. The van der Waals surface area contributed by atoms with Crippen molar-refractivity contribution in [2.45, 2.75) is 13.2 Å². The van der Waals surface area contributed by atoms with Crippen molar-refractivity contribution in [2.24, 2.45) is 0 Å². The van der Waals surface area contributed by atoms with Gasteiger partial charge in [0, 0.05) is 21.1 Å². The topological polar surface area (TPSA) is 58.6 Å². The number of nitrogens with zero attached hydrogens (tertiary/aromatic N) is 1. The van der Waals surface area contributed by atoms with Crippen LogP contribution in [0, 0.1) is 0 Å². The third kappa shape index (κ3) is 5.61. The second-order valence-corrected chi connectivity index (χ2v) is 4.75. The Morgan fingerprint density at radius 3 is 2.71 bits per heavy atom. The minimum absolute atomic E-state index is 0.0251. The summed E-state index contributed by atoms with van der Waals surface area (Å²) in [4.78, 5) is 22.8. The van der Waals surface area contributed by atoms with Crippen molar-refractivity contribution < 1.29 is 23.9 Å². The number of carbonyl (C=O) groups excluding carboxylic acids is 2. The van der Waals surface area contributed by atoms with E-state index in [1.54, 1.807) is 5.32 Å². The molecule has 8 heteroatoms. The van der Waals surface area contributed by atoms with Gasteiger partial charge in [-0.3, -0.25) is 10.1 Å². The van der Waals surface area contributed by atoms with Gasteiger partial charge in [0.2, 0.25) is 6.41 Å². The van der Waals surface area contributed by atoms with Crippen LogP contribution in [0.5, 0.6) is 5.75 Å². The molecule has 1 aromatic carbocycles. The summed E-state index contributed by atoms with van der Waals surface area (Å²) in [5, 5.41) is 1.94. The Kier molecular flexibility index (Phi) is 4.17. The van der Waals surface area contributed by atoms with Crippen LogP contribution in [0.15, 0.2) is 12.1 Å². The molecule has 0 aliphatic heterocycles. The van der Waals surface area contributed by atoms with E-state index in [1.807, 2.05) is 0 Å². The molecule has 0 aromatic heterocycles. The molecule has 0 radical (unpaired) electrons. The third-order valence-corrected chi connectivity index (χ3v) is 2.92. The number of amides is 3. The molecule has 0 fully saturated rings. The fourth-order valence-electron chi connectivity index (χ4n) is 1.31. The maximum atomic E-state index is 12.1. The highest BCUT2D eigenvalue weighted by molar-refractivity contribution is 6.40. The molecule has 0 aliphatic rings. The van der Waals surface area contributed by atoms with Crippen LogP contribution in [0.3, 0.4) is 0 Å². The fourth-order valence-corrected chi connectivity index (χ4v) is 2.24. The van der Waals surface area contributed by atoms with E-state index in [-0.39, 0.29) is 32.1 Å². The minimum Gasteiger partial charge on any atom is -0.489 e. The average molecular weight is 361 g/mol. The molecule has 116 valence electrons. The summed E-state index contributed by atoms with van der Waals surface area (Å²) in [5.74, 6) is -0.0251. The fraction of sp³-hybridized carbons (Fsp3) is 0.385. The number of urea groups is 1. The lowest BCUT2D eigenvalue weighted by atomic mass is 10.3. The number of imide groups is 1. The number of carbonyl (C=O) groups is 2. The van der Waals surface area contributed by atoms with Crippen LogP contribution in [0.25, 0.3) is 0 Å². The lowest BCUT2D eigenvalue weighted by Crippen LogP contribution is -2.41. The van der Waals surface area contributed by atoms with Crippen LogP contribution in [-0.2, 0) is 4.79 Å². The Labute approximate surface area is 147 Å². The number of nitrogens with one attached hydrogen (secondary N) is 1. The van der Waals surface area contributed by atoms with E-state index in [1.165, 1.54) is 12.1 Å². The number of halogens is 3. The molecule has 1 rings (SSSR count). The van der Waals surface area contributed by atoms with Gasteiger partial charge in [0.1, 0.15) is 6.61 Å². The van der Waals surface area contributed by atoms with Gasteiger partial charge in [0.05, 0.1) is 16.6 Å². The zero-order chi connectivity index (χ0) is 21.9. The Morgan fingerprint density at radius 1 is 1.48 bits per heavy atom. The van der Waals surface area contributed by atoms with Crippen molar-refractivity contribution in [1.82, 2.24) is 10.2 Å². The van der Waals surface area contributed by atoms with Crippen LogP contribution >= 0.6 is 34.8 Å². The number of rotatable bonds is 7. The Hall–Kier alpha value is -1.17. The first kappa shape index (κ1) is 9.77. The van der Waals surface area contributed by atoms with Crippen molar-refractivity contribution >= 4 is 47.2 Å². The molecule has 21 heavy (non-hydrogen) atoms. The van der Waals surface area contributed by atoms with Crippen molar-refractivity contribution in [1.29, 1.82) is 0 Å². The van der Waals surface area contributed by atoms with Gasteiger partial charge < -0.3 is 9.64 Å². The summed E-state index contributed by atoms with van der Waals surface area (Å²) in [6.45, 7) is -7.83. The monoisotopic (exact) mass is 359 g/mol.